The van der Waals surface area contributed by atoms with Crippen LogP contribution < -0.4 is 5.32 Å². The first-order valence-electron chi connectivity index (χ1n) is 5.60. The van der Waals surface area contributed by atoms with Gasteiger partial charge in [0.2, 0.25) is 0 Å². The second kappa shape index (κ2) is 7.37. The number of pyridine rings is 1. The van der Waals surface area contributed by atoms with Crippen molar-refractivity contribution in [1.29, 1.82) is 0 Å². The molecule has 0 radical (unpaired) electrons. The number of aliphatic hydroxyl groups is 1. The SMILES string of the molecule is CCC(O)CCNCCc1ccncc1. The first kappa shape index (κ1) is 12.1. The number of hydrogen-bond acceptors (Lipinski definition) is 3. The maximum atomic E-state index is 9.33. The Morgan fingerprint density at radius 1 is 1.33 bits per heavy atom. The van der Waals surface area contributed by atoms with Gasteiger partial charge in [0.25, 0.3) is 0 Å². The largest absolute Gasteiger partial charge is 0.393 e. The Morgan fingerprint density at radius 3 is 2.73 bits per heavy atom. The van der Waals surface area contributed by atoms with Crippen molar-refractivity contribution in [2.24, 2.45) is 0 Å². The molecule has 0 aliphatic carbocycles. The van der Waals surface area contributed by atoms with Crippen LogP contribution in [0, 0.1) is 0 Å². The van der Waals surface area contributed by atoms with Crippen LogP contribution in [0.5, 0.6) is 0 Å². The van der Waals surface area contributed by atoms with E-state index in [2.05, 4.69) is 10.3 Å². The molecule has 0 aliphatic rings. The second-order valence-corrected chi connectivity index (χ2v) is 3.71. The number of aromatic nitrogens is 1. The molecule has 0 saturated heterocycles. The summed E-state index contributed by atoms with van der Waals surface area (Å²) in [5.41, 5.74) is 1.30. The number of hydrogen-bond donors (Lipinski definition) is 2. The molecule has 0 aliphatic heterocycles. The molecule has 0 amide bonds. The molecular formula is C12H20N2O. The highest BCUT2D eigenvalue weighted by molar-refractivity contribution is 5.09. The summed E-state index contributed by atoms with van der Waals surface area (Å²) in [6, 6.07) is 4.06. The Hall–Kier alpha value is -0.930. The van der Waals surface area contributed by atoms with E-state index in [-0.39, 0.29) is 6.10 Å². The normalized spacial score (nSPS) is 12.7. The van der Waals surface area contributed by atoms with Crippen LogP contribution in [0.15, 0.2) is 24.5 Å². The molecule has 1 unspecified atom stereocenters. The molecular weight excluding hydrogens is 188 g/mol. The Morgan fingerprint density at radius 2 is 2.07 bits per heavy atom. The number of aliphatic hydroxyl groups excluding tert-OH is 1. The molecule has 1 rings (SSSR count). The summed E-state index contributed by atoms with van der Waals surface area (Å²) in [4.78, 5) is 3.97. The van der Waals surface area contributed by atoms with Crippen molar-refractivity contribution < 1.29 is 5.11 Å². The van der Waals surface area contributed by atoms with Crippen LogP contribution in [0.4, 0.5) is 0 Å². The van der Waals surface area contributed by atoms with E-state index in [9.17, 15) is 5.11 Å². The van der Waals surface area contributed by atoms with E-state index in [0.717, 1.165) is 32.4 Å². The average Bonchev–Trinajstić information content (AvgIpc) is 2.29. The topological polar surface area (TPSA) is 45.1 Å². The fourth-order valence-electron chi connectivity index (χ4n) is 1.38. The monoisotopic (exact) mass is 208 g/mol. The van der Waals surface area contributed by atoms with Gasteiger partial charge in [-0.2, -0.15) is 0 Å². The van der Waals surface area contributed by atoms with Crippen LogP contribution in [0.2, 0.25) is 0 Å². The molecule has 3 nitrogen and oxygen atoms in total. The van der Waals surface area contributed by atoms with Crippen molar-refractivity contribution in [3.05, 3.63) is 30.1 Å². The summed E-state index contributed by atoms with van der Waals surface area (Å²) in [6.45, 7) is 3.85. The Kier molecular flexibility index (Phi) is 5.97. The van der Waals surface area contributed by atoms with Gasteiger partial charge in [0.15, 0.2) is 0 Å². The summed E-state index contributed by atoms with van der Waals surface area (Å²) in [7, 11) is 0. The van der Waals surface area contributed by atoms with Gasteiger partial charge in [-0.3, -0.25) is 4.98 Å². The smallest absolute Gasteiger partial charge is 0.0549 e. The van der Waals surface area contributed by atoms with E-state index in [1.54, 1.807) is 0 Å². The van der Waals surface area contributed by atoms with E-state index in [0.29, 0.717) is 0 Å². The Bertz CT molecular complexity index is 251. The standard InChI is InChI=1S/C12H20N2O/c1-2-12(15)6-10-14-9-5-11-3-7-13-8-4-11/h3-4,7-8,12,14-15H,2,5-6,9-10H2,1H3. The summed E-state index contributed by atoms with van der Waals surface area (Å²) >= 11 is 0. The summed E-state index contributed by atoms with van der Waals surface area (Å²) in [6.07, 6.45) is 6.18. The second-order valence-electron chi connectivity index (χ2n) is 3.71. The third-order valence-electron chi connectivity index (χ3n) is 2.47. The molecule has 0 spiro atoms. The minimum atomic E-state index is -0.154. The van der Waals surface area contributed by atoms with E-state index in [4.69, 9.17) is 0 Å². The molecule has 0 fully saturated rings. The molecule has 1 aromatic rings. The maximum Gasteiger partial charge on any atom is 0.0549 e. The van der Waals surface area contributed by atoms with Crippen LogP contribution in [0.3, 0.4) is 0 Å². The van der Waals surface area contributed by atoms with Gasteiger partial charge in [-0.25, -0.2) is 0 Å². The van der Waals surface area contributed by atoms with Crippen LogP contribution in [0.25, 0.3) is 0 Å². The van der Waals surface area contributed by atoms with Gasteiger partial charge in [-0.05, 0) is 50.0 Å². The van der Waals surface area contributed by atoms with E-state index < -0.39 is 0 Å². The summed E-state index contributed by atoms with van der Waals surface area (Å²) in [5, 5.41) is 12.6. The zero-order chi connectivity index (χ0) is 10.9. The molecule has 0 aromatic carbocycles. The Balaban J connectivity index is 2.03. The van der Waals surface area contributed by atoms with Gasteiger partial charge in [0, 0.05) is 12.4 Å². The molecule has 3 heteroatoms. The molecule has 1 heterocycles. The van der Waals surface area contributed by atoms with Crippen LogP contribution >= 0.6 is 0 Å². The molecule has 2 N–H and O–H groups in total. The number of nitrogens with one attached hydrogen (secondary N) is 1. The van der Waals surface area contributed by atoms with Crippen molar-refractivity contribution in [3.8, 4) is 0 Å². The van der Waals surface area contributed by atoms with Crippen molar-refractivity contribution in [3.63, 3.8) is 0 Å². The zero-order valence-electron chi connectivity index (χ0n) is 9.32. The third kappa shape index (κ3) is 5.50. The van der Waals surface area contributed by atoms with Crippen LogP contribution in [-0.4, -0.2) is 29.3 Å². The molecule has 1 atom stereocenters. The quantitative estimate of drug-likeness (QED) is 0.665. The molecule has 0 bridgehead atoms. The first-order valence-corrected chi connectivity index (χ1v) is 5.60. The van der Waals surface area contributed by atoms with Crippen molar-refractivity contribution in [2.75, 3.05) is 13.1 Å². The van der Waals surface area contributed by atoms with Gasteiger partial charge in [0.05, 0.1) is 6.10 Å². The van der Waals surface area contributed by atoms with Gasteiger partial charge < -0.3 is 10.4 Å². The highest BCUT2D eigenvalue weighted by Crippen LogP contribution is 1.97. The van der Waals surface area contributed by atoms with Crippen LogP contribution in [0.1, 0.15) is 25.3 Å². The van der Waals surface area contributed by atoms with Gasteiger partial charge >= 0.3 is 0 Å². The van der Waals surface area contributed by atoms with E-state index in [1.165, 1.54) is 5.56 Å². The molecule has 15 heavy (non-hydrogen) atoms. The predicted octanol–water partition coefficient (Wildman–Crippen LogP) is 1.37. The minimum absolute atomic E-state index is 0.154. The summed E-state index contributed by atoms with van der Waals surface area (Å²) < 4.78 is 0. The van der Waals surface area contributed by atoms with Crippen molar-refractivity contribution >= 4 is 0 Å². The lowest BCUT2D eigenvalue weighted by molar-refractivity contribution is 0.160. The van der Waals surface area contributed by atoms with E-state index >= 15 is 0 Å². The molecule has 84 valence electrons. The number of rotatable bonds is 7. The average molecular weight is 208 g/mol. The van der Waals surface area contributed by atoms with Gasteiger partial charge in [-0.15, -0.1) is 0 Å². The lowest BCUT2D eigenvalue weighted by atomic mass is 10.2. The highest BCUT2D eigenvalue weighted by Gasteiger charge is 1.98. The first-order chi connectivity index (χ1) is 7.33. The van der Waals surface area contributed by atoms with Crippen molar-refractivity contribution in [2.45, 2.75) is 32.3 Å². The van der Waals surface area contributed by atoms with Gasteiger partial charge in [0.1, 0.15) is 0 Å². The summed E-state index contributed by atoms with van der Waals surface area (Å²) in [5.74, 6) is 0. The lowest BCUT2D eigenvalue weighted by Crippen LogP contribution is -2.22. The van der Waals surface area contributed by atoms with E-state index in [1.807, 2.05) is 31.5 Å². The Labute approximate surface area is 91.5 Å². The maximum absolute atomic E-state index is 9.33. The van der Waals surface area contributed by atoms with Gasteiger partial charge in [-0.1, -0.05) is 6.92 Å². The molecule has 1 aromatic heterocycles. The van der Waals surface area contributed by atoms with Crippen LogP contribution in [-0.2, 0) is 6.42 Å². The number of nitrogens with zero attached hydrogens (tertiary/aromatic N) is 1. The highest BCUT2D eigenvalue weighted by atomic mass is 16.3. The van der Waals surface area contributed by atoms with Crippen molar-refractivity contribution in [1.82, 2.24) is 10.3 Å². The fraction of sp³-hybridized carbons (Fsp3) is 0.583. The predicted molar refractivity (Wildman–Crippen MR) is 61.7 cm³/mol. The molecule has 0 saturated carbocycles. The zero-order valence-corrected chi connectivity index (χ0v) is 9.32. The fourth-order valence-corrected chi connectivity index (χ4v) is 1.38. The minimum Gasteiger partial charge on any atom is -0.393 e. The lowest BCUT2D eigenvalue weighted by Gasteiger charge is -2.08. The third-order valence-corrected chi connectivity index (χ3v) is 2.47.